The van der Waals surface area contributed by atoms with Crippen LogP contribution in [0.4, 0.5) is 22.5 Å². The maximum atomic E-state index is 12.8. The summed E-state index contributed by atoms with van der Waals surface area (Å²) < 4.78 is 0. The van der Waals surface area contributed by atoms with Crippen molar-refractivity contribution in [1.29, 1.82) is 0 Å². The zero-order valence-electron chi connectivity index (χ0n) is 18.6. The van der Waals surface area contributed by atoms with E-state index in [1.54, 1.807) is 18.3 Å². The Bertz CT molecular complexity index is 1280. The highest BCUT2D eigenvalue weighted by molar-refractivity contribution is 7.21. The number of hydrogen-bond acceptors (Lipinski definition) is 8. The Kier molecular flexibility index (Phi) is 5.89. The Morgan fingerprint density at radius 1 is 1.09 bits per heavy atom. The van der Waals surface area contributed by atoms with Gasteiger partial charge in [-0.2, -0.15) is 0 Å². The number of hydrogen-bond donors (Lipinski definition) is 2. The number of amides is 1. The maximum absolute atomic E-state index is 12.8. The molecule has 2 N–H and O–H groups in total. The molecule has 0 atom stereocenters. The van der Waals surface area contributed by atoms with Gasteiger partial charge in [0, 0.05) is 50.7 Å². The molecule has 1 aliphatic rings. The number of piperazine rings is 1. The molecule has 9 heteroatoms. The van der Waals surface area contributed by atoms with Crippen LogP contribution in [0, 0.1) is 6.92 Å². The number of fused-ring (bicyclic) bond motifs is 1. The molecule has 3 aromatic heterocycles. The SMILES string of the molecule is Cc1ccc(N(C)c2ccc3nc(Nc4cc(C(=O)N5CCNCC5)ccn4)sc3n2)cc1. The van der Waals surface area contributed by atoms with Crippen molar-refractivity contribution in [3.05, 3.63) is 65.9 Å². The largest absolute Gasteiger partial charge is 0.336 e. The molecular weight excluding hydrogens is 434 g/mol. The van der Waals surface area contributed by atoms with E-state index in [1.165, 1.54) is 16.9 Å². The molecular formula is C24H25N7OS. The first kappa shape index (κ1) is 21.3. The van der Waals surface area contributed by atoms with Gasteiger partial charge in [0.2, 0.25) is 0 Å². The van der Waals surface area contributed by atoms with Gasteiger partial charge >= 0.3 is 0 Å². The first-order chi connectivity index (χ1) is 16.1. The van der Waals surface area contributed by atoms with E-state index >= 15 is 0 Å². The van der Waals surface area contributed by atoms with Crippen molar-refractivity contribution in [2.24, 2.45) is 0 Å². The highest BCUT2D eigenvalue weighted by Crippen LogP contribution is 2.30. The second-order valence-corrected chi connectivity index (χ2v) is 8.98. The van der Waals surface area contributed by atoms with Crippen molar-refractivity contribution in [2.45, 2.75) is 6.92 Å². The molecule has 8 nitrogen and oxygen atoms in total. The van der Waals surface area contributed by atoms with Gasteiger partial charge in [-0.1, -0.05) is 29.0 Å². The molecule has 1 saturated heterocycles. The van der Waals surface area contributed by atoms with Gasteiger partial charge in [-0.3, -0.25) is 4.79 Å². The Morgan fingerprint density at radius 2 is 1.88 bits per heavy atom. The fraction of sp³-hybridized carbons (Fsp3) is 0.250. The van der Waals surface area contributed by atoms with Crippen molar-refractivity contribution in [1.82, 2.24) is 25.2 Å². The van der Waals surface area contributed by atoms with E-state index in [1.807, 2.05) is 24.1 Å². The number of nitrogens with one attached hydrogen (secondary N) is 2. The van der Waals surface area contributed by atoms with E-state index in [9.17, 15) is 4.79 Å². The third-order valence-corrected chi connectivity index (χ3v) is 6.53. The number of rotatable bonds is 5. The van der Waals surface area contributed by atoms with Gasteiger partial charge in [-0.05, 0) is 43.3 Å². The summed E-state index contributed by atoms with van der Waals surface area (Å²) in [6, 6.07) is 15.8. The second-order valence-electron chi connectivity index (χ2n) is 8.00. The number of aromatic nitrogens is 3. The number of thiazole rings is 1. The number of anilines is 4. The lowest BCUT2D eigenvalue weighted by Gasteiger charge is -2.27. The Morgan fingerprint density at radius 3 is 2.67 bits per heavy atom. The lowest BCUT2D eigenvalue weighted by molar-refractivity contribution is 0.0735. The van der Waals surface area contributed by atoms with Gasteiger partial charge in [-0.25, -0.2) is 15.0 Å². The molecule has 0 saturated carbocycles. The third-order valence-electron chi connectivity index (χ3n) is 5.65. The van der Waals surface area contributed by atoms with Crippen molar-refractivity contribution in [2.75, 3.05) is 43.4 Å². The summed E-state index contributed by atoms with van der Waals surface area (Å²) in [6.07, 6.45) is 1.65. The lowest BCUT2D eigenvalue weighted by atomic mass is 10.2. The monoisotopic (exact) mass is 459 g/mol. The van der Waals surface area contributed by atoms with Crippen molar-refractivity contribution in [3.63, 3.8) is 0 Å². The van der Waals surface area contributed by atoms with Gasteiger partial charge in [-0.15, -0.1) is 0 Å². The molecule has 1 aromatic carbocycles. The average Bonchev–Trinajstić information content (AvgIpc) is 3.25. The molecule has 5 rings (SSSR count). The molecule has 4 heterocycles. The van der Waals surface area contributed by atoms with Crippen LogP contribution in [0.25, 0.3) is 10.3 Å². The molecule has 0 bridgehead atoms. The number of benzene rings is 1. The highest BCUT2D eigenvalue weighted by atomic mass is 32.1. The number of carbonyl (C=O) groups excluding carboxylic acids is 1. The van der Waals surface area contributed by atoms with Crippen LogP contribution in [0.15, 0.2) is 54.7 Å². The van der Waals surface area contributed by atoms with Crippen LogP contribution in [0.3, 0.4) is 0 Å². The summed E-state index contributed by atoms with van der Waals surface area (Å²) in [7, 11) is 2.00. The summed E-state index contributed by atoms with van der Waals surface area (Å²) in [4.78, 5) is 31.4. The fourth-order valence-corrected chi connectivity index (χ4v) is 4.58. The van der Waals surface area contributed by atoms with Crippen LogP contribution >= 0.6 is 11.3 Å². The first-order valence-electron chi connectivity index (χ1n) is 10.9. The molecule has 168 valence electrons. The molecule has 0 spiro atoms. The normalized spacial score (nSPS) is 13.8. The first-order valence-corrected chi connectivity index (χ1v) is 11.7. The summed E-state index contributed by atoms with van der Waals surface area (Å²) in [5, 5.41) is 7.19. The van der Waals surface area contributed by atoms with E-state index in [0.29, 0.717) is 29.6 Å². The van der Waals surface area contributed by atoms with Crippen molar-refractivity contribution in [3.8, 4) is 0 Å². The third kappa shape index (κ3) is 4.64. The van der Waals surface area contributed by atoms with Crippen LogP contribution in [0.2, 0.25) is 0 Å². The number of pyridine rings is 2. The zero-order valence-corrected chi connectivity index (χ0v) is 19.4. The summed E-state index contributed by atoms with van der Waals surface area (Å²) in [5.41, 5.74) is 3.73. The van der Waals surface area contributed by atoms with Gasteiger partial charge < -0.3 is 20.4 Å². The molecule has 0 radical (unpaired) electrons. The molecule has 1 amide bonds. The van der Waals surface area contributed by atoms with Crippen molar-refractivity contribution >= 4 is 50.0 Å². The molecule has 33 heavy (non-hydrogen) atoms. The zero-order chi connectivity index (χ0) is 22.8. The topological polar surface area (TPSA) is 86.3 Å². The lowest BCUT2D eigenvalue weighted by Crippen LogP contribution is -2.46. The van der Waals surface area contributed by atoms with E-state index in [0.717, 1.165) is 34.9 Å². The van der Waals surface area contributed by atoms with Crippen LogP contribution in [-0.2, 0) is 0 Å². The van der Waals surface area contributed by atoms with Crippen molar-refractivity contribution < 1.29 is 4.79 Å². The van der Waals surface area contributed by atoms with Crippen LogP contribution in [-0.4, -0.2) is 59.0 Å². The Labute approximate surface area is 196 Å². The van der Waals surface area contributed by atoms with Gasteiger partial charge in [0.15, 0.2) is 5.13 Å². The Hall–Kier alpha value is -3.56. The van der Waals surface area contributed by atoms with Gasteiger partial charge in [0.1, 0.15) is 22.0 Å². The highest BCUT2D eigenvalue weighted by Gasteiger charge is 2.18. The van der Waals surface area contributed by atoms with E-state index in [4.69, 9.17) is 4.98 Å². The molecule has 1 aliphatic heterocycles. The minimum atomic E-state index is 0.0247. The summed E-state index contributed by atoms with van der Waals surface area (Å²) in [5.74, 6) is 1.46. The predicted octanol–water partition coefficient (Wildman–Crippen LogP) is 3.95. The number of aryl methyl sites for hydroxylation is 1. The number of nitrogens with zero attached hydrogens (tertiary/aromatic N) is 5. The van der Waals surface area contributed by atoms with Gasteiger partial charge in [0.25, 0.3) is 5.91 Å². The standard InChI is InChI=1S/C24H25N7OS/c1-16-3-5-18(6-4-16)30(2)21-8-7-19-22(29-21)33-24(27-19)28-20-15-17(9-10-26-20)23(32)31-13-11-25-12-14-31/h3-10,15,25H,11-14H2,1-2H3,(H,26,27,28). The molecule has 4 aromatic rings. The second kappa shape index (κ2) is 9.13. The van der Waals surface area contributed by atoms with Crippen LogP contribution < -0.4 is 15.5 Å². The minimum absolute atomic E-state index is 0.0247. The predicted molar refractivity (Wildman–Crippen MR) is 133 cm³/mol. The fourth-order valence-electron chi connectivity index (χ4n) is 3.74. The Balaban J connectivity index is 1.34. The summed E-state index contributed by atoms with van der Waals surface area (Å²) >= 11 is 1.46. The molecule has 1 fully saturated rings. The smallest absolute Gasteiger partial charge is 0.254 e. The van der Waals surface area contributed by atoms with E-state index < -0.39 is 0 Å². The van der Waals surface area contributed by atoms with Crippen LogP contribution in [0.1, 0.15) is 15.9 Å². The van der Waals surface area contributed by atoms with E-state index in [2.05, 4.69) is 56.7 Å². The number of carbonyl (C=O) groups is 1. The van der Waals surface area contributed by atoms with Gasteiger partial charge in [0.05, 0.1) is 0 Å². The van der Waals surface area contributed by atoms with Crippen LogP contribution in [0.5, 0.6) is 0 Å². The quantitative estimate of drug-likeness (QED) is 0.467. The maximum Gasteiger partial charge on any atom is 0.254 e. The average molecular weight is 460 g/mol. The van der Waals surface area contributed by atoms with E-state index in [-0.39, 0.29) is 5.91 Å². The molecule has 0 unspecified atom stereocenters. The summed E-state index contributed by atoms with van der Waals surface area (Å²) in [6.45, 7) is 5.15. The molecule has 0 aliphatic carbocycles. The minimum Gasteiger partial charge on any atom is -0.336 e.